The van der Waals surface area contributed by atoms with Gasteiger partial charge in [0.25, 0.3) is 5.91 Å². The number of piperidine rings is 1. The summed E-state index contributed by atoms with van der Waals surface area (Å²) in [5.74, 6) is -0.877. The number of methoxy groups -OCH3 is 1. The molecule has 12 nitrogen and oxygen atoms in total. The SMILES string of the molecule is C=CCN1C(C=O)C(C(=O)Nc2ccc(Oc3ccnc4cc(OC)c(OCCCN5CCCCC5)cc34)c(F)c2)=NN(c2ccccc2C(F)(F)F)C1C=O. The van der Waals surface area contributed by atoms with Crippen LogP contribution in [0, 0.1) is 5.82 Å². The van der Waals surface area contributed by atoms with Crippen molar-refractivity contribution >= 4 is 46.5 Å². The smallest absolute Gasteiger partial charge is 0.418 e. The molecule has 1 N–H and O–H groups in total. The number of anilines is 2. The van der Waals surface area contributed by atoms with E-state index < -0.39 is 47.1 Å². The second-order valence-electron chi connectivity index (χ2n) is 13.1. The fraction of sp³-hybridized carbons (Fsp3) is 0.325. The summed E-state index contributed by atoms with van der Waals surface area (Å²) in [5.41, 5.74) is -1.75. The van der Waals surface area contributed by atoms with E-state index in [0.29, 0.717) is 41.6 Å². The number of rotatable bonds is 15. The molecule has 1 amide bonds. The number of carbonyl (C=O) groups is 3. The monoisotopic (exact) mass is 776 g/mol. The summed E-state index contributed by atoms with van der Waals surface area (Å²) in [6.45, 7) is 7.00. The van der Waals surface area contributed by atoms with Crippen LogP contribution in [0.4, 0.5) is 28.9 Å². The number of carbonyl (C=O) groups excluding carboxylic acids is 3. The first-order valence-corrected chi connectivity index (χ1v) is 18.0. The number of nitrogens with one attached hydrogen (secondary N) is 1. The molecule has 0 saturated carbocycles. The van der Waals surface area contributed by atoms with Crippen LogP contribution in [-0.4, -0.2) is 91.1 Å². The molecule has 1 saturated heterocycles. The number of benzene rings is 3. The van der Waals surface area contributed by atoms with Crippen LogP contribution in [0.2, 0.25) is 0 Å². The van der Waals surface area contributed by atoms with E-state index >= 15 is 4.39 Å². The largest absolute Gasteiger partial charge is 0.493 e. The van der Waals surface area contributed by atoms with Gasteiger partial charge in [-0.2, -0.15) is 18.3 Å². The Labute approximate surface area is 320 Å². The molecule has 1 fully saturated rings. The highest BCUT2D eigenvalue weighted by Gasteiger charge is 2.44. The van der Waals surface area contributed by atoms with Gasteiger partial charge in [-0.15, -0.1) is 6.58 Å². The van der Waals surface area contributed by atoms with Crippen LogP contribution in [0.15, 0.2) is 84.6 Å². The molecule has 2 unspecified atom stereocenters. The first-order chi connectivity index (χ1) is 27.1. The van der Waals surface area contributed by atoms with E-state index in [1.165, 1.54) is 67.8 Å². The maximum Gasteiger partial charge on any atom is 0.418 e. The molecule has 0 aliphatic carbocycles. The summed E-state index contributed by atoms with van der Waals surface area (Å²) in [5, 5.41) is 7.82. The zero-order chi connectivity index (χ0) is 39.8. The molecule has 2 aliphatic rings. The number of alkyl halides is 3. The average molecular weight is 777 g/mol. The number of likely N-dealkylation sites (tertiary alicyclic amines) is 1. The Balaban J connectivity index is 1.23. The fourth-order valence-electron chi connectivity index (χ4n) is 6.75. The van der Waals surface area contributed by atoms with Gasteiger partial charge < -0.3 is 29.2 Å². The Bertz CT molecular complexity index is 2110. The Morgan fingerprint density at radius 3 is 2.46 bits per heavy atom. The summed E-state index contributed by atoms with van der Waals surface area (Å²) in [7, 11) is 1.53. The molecule has 294 valence electrons. The van der Waals surface area contributed by atoms with Crippen LogP contribution in [-0.2, 0) is 20.6 Å². The number of aromatic nitrogens is 1. The molecule has 3 aromatic carbocycles. The van der Waals surface area contributed by atoms with E-state index in [4.69, 9.17) is 14.2 Å². The predicted molar refractivity (Wildman–Crippen MR) is 202 cm³/mol. The number of fused-ring (bicyclic) bond motifs is 1. The number of hydrazone groups is 1. The van der Waals surface area contributed by atoms with Crippen molar-refractivity contribution in [2.75, 3.05) is 50.2 Å². The van der Waals surface area contributed by atoms with Gasteiger partial charge in [0.05, 0.1) is 30.5 Å². The van der Waals surface area contributed by atoms with Crippen LogP contribution < -0.4 is 24.5 Å². The van der Waals surface area contributed by atoms with E-state index in [2.05, 4.69) is 26.9 Å². The van der Waals surface area contributed by atoms with Crippen molar-refractivity contribution in [2.45, 2.75) is 44.1 Å². The highest BCUT2D eigenvalue weighted by atomic mass is 19.4. The fourth-order valence-corrected chi connectivity index (χ4v) is 6.75. The van der Waals surface area contributed by atoms with Crippen molar-refractivity contribution in [2.24, 2.45) is 5.10 Å². The molecule has 0 bridgehead atoms. The topological polar surface area (TPSA) is 126 Å². The Hall–Kier alpha value is -5.87. The summed E-state index contributed by atoms with van der Waals surface area (Å²) in [6.07, 6.45) is 1.62. The van der Waals surface area contributed by atoms with Crippen LogP contribution in [0.3, 0.4) is 0 Å². The van der Waals surface area contributed by atoms with Crippen molar-refractivity contribution in [3.05, 3.63) is 90.9 Å². The van der Waals surface area contributed by atoms with Gasteiger partial charge in [-0.1, -0.05) is 24.6 Å². The number of para-hydroxylation sites is 1. The van der Waals surface area contributed by atoms with Crippen LogP contribution in [0.1, 0.15) is 31.2 Å². The lowest BCUT2D eigenvalue weighted by atomic mass is 10.1. The average Bonchev–Trinajstić information content (AvgIpc) is 3.20. The summed E-state index contributed by atoms with van der Waals surface area (Å²) < 4.78 is 75.3. The standard InChI is InChI=1S/C40H40F4N6O6/c1-3-16-49-32(24-51)38(47-50(37(49)25-52)31-11-6-5-10-28(31)40(42,43)44)39(53)46-26-12-13-34(29(41)21-26)56-33-14-15-45-30-23-35(54-2)36(22-27(30)33)55-20-9-19-48-17-7-4-8-18-48/h3,5-6,10-15,21-25,32,37H,1,4,7-9,16-20H2,2H3,(H,46,53). The summed E-state index contributed by atoms with van der Waals surface area (Å²) in [6, 6.07) is 11.5. The second-order valence-corrected chi connectivity index (χ2v) is 13.1. The summed E-state index contributed by atoms with van der Waals surface area (Å²) in [4.78, 5) is 46.3. The molecule has 16 heteroatoms. The van der Waals surface area contributed by atoms with Crippen molar-refractivity contribution in [1.82, 2.24) is 14.8 Å². The summed E-state index contributed by atoms with van der Waals surface area (Å²) >= 11 is 0. The lowest BCUT2D eigenvalue weighted by Crippen LogP contribution is -2.61. The van der Waals surface area contributed by atoms with Crippen LogP contribution in [0.25, 0.3) is 10.9 Å². The van der Waals surface area contributed by atoms with E-state index in [1.54, 1.807) is 18.2 Å². The minimum Gasteiger partial charge on any atom is -0.493 e. The quantitative estimate of drug-likeness (QED) is 0.0594. The molecule has 2 atom stereocenters. The van der Waals surface area contributed by atoms with Gasteiger partial charge in [0, 0.05) is 42.5 Å². The molecule has 0 radical (unpaired) electrons. The highest BCUT2D eigenvalue weighted by Crippen LogP contribution is 2.40. The van der Waals surface area contributed by atoms with Gasteiger partial charge in [-0.25, -0.2) is 9.40 Å². The lowest BCUT2D eigenvalue weighted by Gasteiger charge is -2.42. The van der Waals surface area contributed by atoms with Crippen molar-refractivity contribution in [3.63, 3.8) is 0 Å². The third-order valence-electron chi connectivity index (χ3n) is 9.44. The number of halogens is 4. The number of nitrogens with zero attached hydrogens (tertiary/aromatic N) is 5. The molecule has 1 aromatic heterocycles. The third-order valence-corrected chi connectivity index (χ3v) is 9.44. The van der Waals surface area contributed by atoms with Gasteiger partial charge in [0.1, 0.15) is 18.1 Å². The highest BCUT2D eigenvalue weighted by molar-refractivity contribution is 6.47. The third kappa shape index (κ3) is 8.81. The van der Waals surface area contributed by atoms with Gasteiger partial charge in [-0.05, 0) is 68.8 Å². The van der Waals surface area contributed by atoms with Crippen molar-refractivity contribution in [3.8, 4) is 23.0 Å². The number of aldehydes is 2. The molecular formula is C40H40F4N6O6. The predicted octanol–water partition coefficient (Wildman–Crippen LogP) is 6.84. The van der Waals surface area contributed by atoms with Crippen LogP contribution >= 0.6 is 0 Å². The maximum atomic E-state index is 15.6. The maximum absolute atomic E-state index is 15.6. The van der Waals surface area contributed by atoms with Crippen molar-refractivity contribution < 1.29 is 46.2 Å². The van der Waals surface area contributed by atoms with Gasteiger partial charge in [0.2, 0.25) is 0 Å². The second kappa shape index (κ2) is 17.7. The van der Waals surface area contributed by atoms with E-state index in [9.17, 15) is 27.6 Å². The Kier molecular flexibility index (Phi) is 12.6. The first kappa shape index (κ1) is 39.8. The number of ether oxygens (including phenoxy) is 3. The number of hydrogen-bond donors (Lipinski definition) is 1. The molecule has 6 rings (SSSR count). The number of pyridine rings is 1. The van der Waals surface area contributed by atoms with Crippen molar-refractivity contribution in [1.29, 1.82) is 0 Å². The number of hydrogen-bond acceptors (Lipinski definition) is 11. The first-order valence-electron chi connectivity index (χ1n) is 18.0. The molecule has 3 heterocycles. The normalized spacial score (nSPS) is 17.9. The van der Waals surface area contributed by atoms with E-state index in [0.717, 1.165) is 49.3 Å². The zero-order valence-electron chi connectivity index (χ0n) is 30.5. The zero-order valence-corrected chi connectivity index (χ0v) is 30.5. The minimum absolute atomic E-state index is 0.0771. The Morgan fingerprint density at radius 1 is 0.982 bits per heavy atom. The lowest BCUT2D eigenvalue weighted by molar-refractivity contribution is -0.137. The number of amides is 1. The van der Waals surface area contributed by atoms with Crippen LogP contribution in [0.5, 0.6) is 23.0 Å². The minimum atomic E-state index is -4.84. The molecule has 2 aliphatic heterocycles. The molecular weight excluding hydrogens is 736 g/mol. The molecule has 4 aromatic rings. The van der Waals surface area contributed by atoms with E-state index in [1.807, 2.05) is 0 Å². The molecule has 56 heavy (non-hydrogen) atoms. The molecule has 0 spiro atoms. The van der Waals surface area contributed by atoms with Gasteiger partial charge >= 0.3 is 6.18 Å². The van der Waals surface area contributed by atoms with Gasteiger partial charge in [-0.3, -0.25) is 19.5 Å². The van der Waals surface area contributed by atoms with E-state index in [-0.39, 0.29) is 23.7 Å². The van der Waals surface area contributed by atoms with Gasteiger partial charge in [0.15, 0.2) is 41.2 Å². The Morgan fingerprint density at radius 2 is 1.77 bits per heavy atom.